The first kappa shape index (κ1) is 21.0. The van der Waals surface area contributed by atoms with E-state index < -0.39 is 18.1 Å². The van der Waals surface area contributed by atoms with E-state index in [1.807, 2.05) is 0 Å². The summed E-state index contributed by atoms with van der Waals surface area (Å²) in [5, 5.41) is 0. The van der Waals surface area contributed by atoms with Gasteiger partial charge in [0.1, 0.15) is 22.9 Å². The van der Waals surface area contributed by atoms with E-state index in [1.165, 1.54) is 47.8 Å². The fourth-order valence-corrected chi connectivity index (χ4v) is 3.76. The Morgan fingerprint density at radius 1 is 1.18 bits per heavy atom. The highest BCUT2D eigenvalue weighted by molar-refractivity contribution is 5.98. The van der Waals surface area contributed by atoms with E-state index in [2.05, 4.69) is 14.7 Å². The summed E-state index contributed by atoms with van der Waals surface area (Å²) < 4.78 is 57.6. The van der Waals surface area contributed by atoms with Crippen molar-refractivity contribution in [2.45, 2.75) is 31.8 Å². The number of halogens is 4. The molecule has 2 aromatic heterocycles. The van der Waals surface area contributed by atoms with Crippen LogP contribution < -0.4 is 10.5 Å². The number of nitrogen functional groups attached to an aromatic ring is 1. The van der Waals surface area contributed by atoms with Crippen LogP contribution in [-0.4, -0.2) is 37.6 Å². The molecule has 170 valence electrons. The number of anilines is 1. The van der Waals surface area contributed by atoms with E-state index in [9.17, 15) is 22.4 Å². The Bertz CT molecular complexity index is 1360. The lowest BCUT2D eigenvalue weighted by Gasteiger charge is -2.23. The number of carbonyl (C=O) groups is 1. The van der Waals surface area contributed by atoms with Crippen LogP contribution in [0.5, 0.6) is 5.75 Å². The lowest BCUT2D eigenvalue weighted by atomic mass is 10.1. The maximum Gasteiger partial charge on any atom is 0.573 e. The second kappa shape index (κ2) is 7.61. The first-order chi connectivity index (χ1) is 15.7. The van der Waals surface area contributed by atoms with Crippen LogP contribution in [0.2, 0.25) is 0 Å². The molecule has 1 fully saturated rings. The van der Waals surface area contributed by atoms with Gasteiger partial charge in [0.2, 0.25) is 0 Å². The summed E-state index contributed by atoms with van der Waals surface area (Å²) in [6.07, 6.45) is -0.230. The van der Waals surface area contributed by atoms with E-state index in [0.717, 1.165) is 18.9 Å². The Balaban J connectivity index is 1.46. The van der Waals surface area contributed by atoms with Crippen molar-refractivity contribution in [2.24, 2.45) is 0 Å². The van der Waals surface area contributed by atoms with Gasteiger partial charge in [-0.15, -0.1) is 13.2 Å². The van der Waals surface area contributed by atoms with E-state index in [-0.39, 0.29) is 35.2 Å². The van der Waals surface area contributed by atoms with Gasteiger partial charge in [-0.2, -0.15) is 0 Å². The largest absolute Gasteiger partial charge is 0.573 e. The molecule has 33 heavy (non-hydrogen) atoms. The minimum Gasteiger partial charge on any atom is -0.406 e. The lowest BCUT2D eigenvalue weighted by molar-refractivity contribution is -0.274. The zero-order valence-electron chi connectivity index (χ0n) is 17.0. The second-order valence-corrected chi connectivity index (χ2v) is 7.82. The van der Waals surface area contributed by atoms with Gasteiger partial charge in [0.15, 0.2) is 0 Å². The van der Waals surface area contributed by atoms with Crippen LogP contribution in [0.4, 0.5) is 23.4 Å². The molecular formula is C22H17F4N5O2. The molecule has 1 amide bonds. The topological polar surface area (TPSA) is 85.8 Å². The molecule has 0 unspecified atom stereocenters. The smallest absolute Gasteiger partial charge is 0.406 e. The molecule has 2 N–H and O–H groups in total. The number of benzene rings is 2. The number of ether oxygens (including phenoxy) is 1. The number of alkyl halides is 3. The van der Waals surface area contributed by atoms with Gasteiger partial charge >= 0.3 is 6.36 Å². The first-order valence-electron chi connectivity index (χ1n) is 10.1. The molecule has 0 spiro atoms. The number of rotatable bonds is 5. The average molecular weight is 459 g/mol. The number of fused-ring (bicyclic) bond motifs is 3. The molecule has 2 heterocycles. The molecule has 11 heteroatoms. The highest BCUT2D eigenvalue weighted by atomic mass is 19.4. The molecule has 0 radical (unpaired) electrons. The first-order valence-corrected chi connectivity index (χ1v) is 10.1. The standard InChI is InChI=1S/C22H17F4N5O2/c23-16-8-17-18(31-11-28-9-19(31)20(27)29-17)7-15(16)21(32)30(13-3-4-13)10-12-1-5-14(6-2-12)33-22(24,25)26/h1-2,5-9,11,13H,3-4,10H2,(H2,27,29). The molecular weight excluding hydrogens is 442 g/mol. The Hall–Kier alpha value is -3.89. The van der Waals surface area contributed by atoms with Crippen LogP contribution in [-0.2, 0) is 6.54 Å². The van der Waals surface area contributed by atoms with Gasteiger partial charge < -0.3 is 15.4 Å². The summed E-state index contributed by atoms with van der Waals surface area (Å²) in [5.41, 5.74) is 7.66. The van der Waals surface area contributed by atoms with Crippen LogP contribution in [0.25, 0.3) is 16.6 Å². The summed E-state index contributed by atoms with van der Waals surface area (Å²) in [6, 6.07) is 7.76. The predicted octanol–water partition coefficient (Wildman–Crippen LogP) is 4.31. The summed E-state index contributed by atoms with van der Waals surface area (Å²) in [7, 11) is 0. The SMILES string of the molecule is Nc1nc2cc(F)c(C(=O)N(Cc3ccc(OC(F)(F)F)cc3)C3CC3)cc2n2cncc12. The zero-order chi connectivity index (χ0) is 23.3. The van der Waals surface area contributed by atoms with E-state index in [0.29, 0.717) is 16.6 Å². The van der Waals surface area contributed by atoms with Crippen molar-refractivity contribution < 1.29 is 27.1 Å². The molecule has 0 saturated heterocycles. The van der Waals surface area contributed by atoms with Crippen molar-refractivity contribution in [3.8, 4) is 5.75 Å². The summed E-state index contributed by atoms with van der Waals surface area (Å²) >= 11 is 0. The van der Waals surface area contributed by atoms with Gasteiger partial charge in [-0.05, 0) is 36.6 Å². The zero-order valence-corrected chi connectivity index (χ0v) is 17.0. The van der Waals surface area contributed by atoms with Crippen molar-refractivity contribution in [2.75, 3.05) is 5.73 Å². The maximum atomic E-state index is 14.9. The molecule has 5 rings (SSSR count). The molecule has 4 aromatic rings. The number of nitrogens with two attached hydrogens (primary N) is 1. The van der Waals surface area contributed by atoms with Crippen molar-refractivity contribution in [3.05, 3.63) is 65.9 Å². The minimum atomic E-state index is -4.79. The van der Waals surface area contributed by atoms with E-state index >= 15 is 0 Å². The molecule has 1 saturated carbocycles. The third-order valence-corrected chi connectivity index (χ3v) is 5.45. The van der Waals surface area contributed by atoms with Crippen LogP contribution >= 0.6 is 0 Å². The van der Waals surface area contributed by atoms with Crippen molar-refractivity contribution >= 4 is 28.3 Å². The molecule has 0 atom stereocenters. The molecule has 0 aliphatic heterocycles. The Labute approximate surface area is 184 Å². The van der Waals surface area contributed by atoms with Crippen molar-refractivity contribution in [1.82, 2.24) is 19.3 Å². The number of imidazole rings is 1. The number of hydrogen-bond acceptors (Lipinski definition) is 5. The summed E-state index contributed by atoms with van der Waals surface area (Å²) in [4.78, 5) is 23.1. The predicted molar refractivity (Wildman–Crippen MR) is 111 cm³/mol. The fraction of sp³-hybridized carbons (Fsp3) is 0.227. The maximum absolute atomic E-state index is 14.9. The van der Waals surface area contributed by atoms with E-state index in [1.54, 1.807) is 4.40 Å². The Morgan fingerprint density at radius 2 is 1.91 bits per heavy atom. The molecule has 1 aliphatic carbocycles. The van der Waals surface area contributed by atoms with Crippen LogP contribution in [0.3, 0.4) is 0 Å². The van der Waals surface area contributed by atoms with E-state index in [4.69, 9.17) is 5.73 Å². The Morgan fingerprint density at radius 3 is 2.58 bits per heavy atom. The highest BCUT2D eigenvalue weighted by Crippen LogP contribution is 2.32. The van der Waals surface area contributed by atoms with Gasteiger partial charge in [0, 0.05) is 18.7 Å². The second-order valence-electron chi connectivity index (χ2n) is 7.82. The molecule has 2 aromatic carbocycles. The lowest BCUT2D eigenvalue weighted by Crippen LogP contribution is -2.33. The fourth-order valence-electron chi connectivity index (χ4n) is 3.76. The quantitative estimate of drug-likeness (QED) is 0.450. The average Bonchev–Trinajstić information content (AvgIpc) is 3.46. The van der Waals surface area contributed by atoms with Crippen molar-refractivity contribution in [1.29, 1.82) is 0 Å². The summed E-state index contributed by atoms with van der Waals surface area (Å²) in [5.74, 6) is -1.42. The van der Waals surface area contributed by atoms with Crippen molar-refractivity contribution in [3.63, 3.8) is 0 Å². The highest BCUT2D eigenvalue weighted by Gasteiger charge is 2.35. The number of hydrogen-bond donors (Lipinski definition) is 1. The molecule has 1 aliphatic rings. The third-order valence-electron chi connectivity index (χ3n) is 5.45. The number of amides is 1. The van der Waals surface area contributed by atoms with Gasteiger partial charge in [-0.3, -0.25) is 9.20 Å². The van der Waals surface area contributed by atoms with Gasteiger partial charge in [-0.1, -0.05) is 12.1 Å². The molecule has 0 bridgehead atoms. The van der Waals surface area contributed by atoms with Crippen LogP contribution in [0, 0.1) is 5.82 Å². The van der Waals surface area contributed by atoms with Gasteiger partial charge in [0.25, 0.3) is 5.91 Å². The van der Waals surface area contributed by atoms with Gasteiger partial charge in [-0.25, -0.2) is 14.4 Å². The summed E-state index contributed by atoms with van der Waals surface area (Å²) in [6.45, 7) is 0.119. The van der Waals surface area contributed by atoms with Crippen LogP contribution in [0.15, 0.2) is 48.9 Å². The third kappa shape index (κ3) is 4.13. The number of aromatic nitrogens is 3. The number of carbonyl (C=O) groups excluding carboxylic acids is 1. The monoisotopic (exact) mass is 459 g/mol. The minimum absolute atomic E-state index is 0.0727. The normalized spacial score (nSPS) is 14.1. The number of nitrogens with zero attached hydrogens (tertiary/aromatic N) is 4. The Kier molecular flexibility index (Phi) is 4.84. The van der Waals surface area contributed by atoms with Gasteiger partial charge in [0.05, 0.1) is 29.1 Å². The van der Waals surface area contributed by atoms with Crippen LogP contribution in [0.1, 0.15) is 28.8 Å². The molecule has 7 nitrogen and oxygen atoms in total.